The zero-order valence-corrected chi connectivity index (χ0v) is 13.6. The van der Waals surface area contributed by atoms with Gasteiger partial charge in [0.1, 0.15) is 6.10 Å². The van der Waals surface area contributed by atoms with Gasteiger partial charge in [-0.15, -0.1) is 0 Å². The summed E-state index contributed by atoms with van der Waals surface area (Å²) in [5.41, 5.74) is 0.369. The molecule has 0 aromatic carbocycles. The first-order chi connectivity index (χ1) is 10.2. The van der Waals surface area contributed by atoms with Gasteiger partial charge in [0.15, 0.2) is 5.75 Å². The van der Waals surface area contributed by atoms with E-state index in [2.05, 4.69) is 31.2 Å². The fraction of sp³-hybridized carbons (Fsp3) is 0.824. The minimum Gasteiger partial charge on any atom is -0.486 e. The lowest BCUT2D eigenvalue weighted by Gasteiger charge is -2.57. The number of aromatic nitrogens is 2. The average molecular weight is 291 g/mol. The van der Waals surface area contributed by atoms with Gasteiger partial charge in [-0.05, 0) is 33.2 Å². The van der Waals surface area contributed by atoms with Crippen molar-refractivity contribution in [1.29, 1.82) is 0 Å². The Hall–Kier alpha value is -1.03. The molecule has 4 nitrogen and oxygen atoms in total. The second kappa shape index (κ2) is 5.99. The molecule has 2 saturated carbocycles. The Balaban J connectivity index is 1.69. The Bertz CT molecular complexity index is 462. The zero-order chi connectivity index (χ0) is 14.9. The van der Waals surface area contributed by atoms with Gasteiger partial charge in [-0.25, -0.2) is 0 Å². The molecule has 0 bridgehead atoms. The highest BCUT2D eigenvalue weighted by Gasteiger charge is 2.56. The smallest absolute Gasteiger partial charge is 0.157 e. The molecule has 0 aliphatic heterocycles. The highest BCUT2D eigenvalue weighted by Crippen LogP contribution is 2.53. The summed E-state index contributed by atoms with van der Waals surface area (Å²) in [5, 5.41) is 8.07. The van der Waals surface area contributed by atoms with E-state index in [4.69, 9.17) is 4.74 Å². The Kier molecular flexibility index (Phi) is 4.25. The van der Waals surface area contributed by atoms with E-state index in [0.29, 0.717) is 23.6 Å². The van der Waals surface area contributed by atoms with Crippen molar-refractivity contribution in [3.63, 3.8) is 0 Å². The van der Waals surface area contributed by atoms with Gasteiger partial charge in [0.05, 0.1) is 12.4 Å². The molecule has 2 atom stereocenters. The molecule has 0 saturated heterocycles. The first-order valence-corrected chi connectivity index (χ1v) is 8.60. The van der Waals surface area contributed by atoms with Crippen molar-refractivity contribution in [2.45, 2.75) is 77.5 Å². The number of nitrogens with one attached hydrogen (secondary N) is 1. The van der Waals surface area contributed by atoms with Crippen LogP contribution in [0.1, 0.15) is 65.3 Å². The quantitative estimate of drug-likeness (QED) is 0.902. The van der Waals surface area contributed by atoms with Gasteiger partial charge in [0.25, 0.3) is 0 Å². The van der Waals surface area contributed by atoms with E-state index in [9.17, 15) is 0 Å². The molecule has 1 heterocycles. The third kappa shape index (κ3) is 2.70. The van der Waals surface area contributed by atoms with Crippen molar-refractivity contribution in [3.8, 4) is 5.75 Å². The summed E-state index contributed by atoms with van der Waals surface area (Å²) in [6.45, 7) is 7.55. The highest BCUT2D eigenvalue weighted by molar-refractivity contribution is 5.17. The highest BCUT2D eigenvalue weighted by atomic mass is 16.5. The minimum absolute atomic E-state index is 0.367. The van der Waals surface area contributed by atoms with Crippen LogP contribution in [0.2, 0.25) is 0 Å². The number of ether oxygens (including phenoxy) is 1. The third-order valence-corrected chi connectivity index (χ3v) is 5.41. The van der Waals surface area contributed by atoms with Crippen LogP contribution in [0.4, 0.5) is 0 Å². The predicted octanol–water partition coefficient (Wildman–Crippen LogP) is 3.54. The lowest BCUT2D eigenvalue weighted by molar-refractivity contribution is -0.102. The van der Waals surface area contributed by atoms with Crippen LogP contribution in [0, 0.1) is 5.41 Å². The van der Waals surface area contributed by atoms with Gasteiger partial charge in [-0.3, -0.25) is 4.68 Å². The summed E-state index contributed by atoms with van der Waals surface area (Å²) >= 11 is 0. The number of nitrogens with zero attached hydrogens (tertiary/aromatic N) is 2. The first kappa shape index (κ1) is 14.9. The van der Waals surface area contributed by atoms with Crippen molar-refractivity contribution >= 4 is 0 Å². The Morgan fingerprint density at radius 2 is 2.14 bits per heavy atom. The molecule has 3 rings (SSSR count). The largest absolute Gasteiger partial charge is 0.486 e. The van der Waals surface area contributed by atoms with Crippen LogP contribution in [0.15, 0.2) is 12.4 Å². The maximum Gasteiger partial charge on any atom is 0.157 e. The van der Waals surface area contributed by atoms with Gasteiger partial charge in [-0.2, -0.15) is 5.10 Å². The van der Waals surface area contributed by atoms with Crippen LogP contribution in [0.25, 0.3) is 0 Å². The fourth-order valence-corrected chi connectivity index (χ4v) is 4.15. The van der Waals surface area contributed by atoms with E-state index >= 15 is 0 Å². The number of rotatable bonds is 5. The van der Waals surface area contributed by atoms with Crippen LogP contribution >= 0.6 is 0 Å². The molecule has 1 N–H and O–H groups in total. The fourth-order valence-electron chi connectivity index (χ4n) is 4.15. The lowest BCUT2D eigenvalue weighted by Crippen LogP contribution is -2.65. The third-order valence-electron chi connectivity index (χ3n) is 5.41. The Labute approximate surface area is 128 Å². The Morgan fingerprint density at radius 3 is 2.76 bits per heavy atom. The van der Waals surface area contributed by atoms with Crippen LogP contribution in [-0.4, -0.2) is 28.5 Å². The molecular weight excluding hydrogens is 262 g/mol. The van der Waals surface area contributed by atoms with Crippen LogP contribution in [0.3, 0.4) is 0 Å². The lowest BCUT2D eigenvalue weighted by atomic mass is 9.55. The second-order valence-corrected chi connectivity index (χ2v) is 7.00. The number of hydrogen-bond acceptors (Lipinski definition) is 3. The topological polar surface area (TPSA) is 39.1 Å². The van der Waals surface area contributed by atoms with Gasteiger partial charge < -0.3 is 10.1 Å². The molecule has 2 aliphatic carbocycles. The normalized spacial score (nSPS) is 27.8. The molecule has 0 radical (unpaired) electrons. The maximum absolute atomic E-state index is 6.33. The Morgan fingerprint density at radius 1 is 1.38 bits per heavy atom. The van der Waals surface area contributed by atoms with E-state index in [1.807, 2.05) is 17.1 Å². The summed E-state index contributed by atoms with van der Waals surface area (Å²) in [5.74, 6) is 0.939. The zero-order valence-electron chi connectivity index (χ0n) is 13.6. The summed E-state index contributed by atoms with van der Waals surface area (Å²) in [6.07, 6.45) is 12.1. The van der Waals surface area contributed by atoms with Crippen molar-refractivity contribution in [2.24, 2.45) is 5.41 Å². The molecule has 118 valence electrons. The maximum atomic E-state index is 6.33. The molecule has 21 heavy (non-hydrogen) atoms. The summed E-state index contributed by atoms with van der Waals surface area (Å²) < 4.78 is 8.30. The van der Waals surface area contributed by atoms with Crippen molar-refractivity contribution in [3.05, 3.63) is 12.4 Å². The van der Waals surface area contributed by atoms with Gasteiger partial charge in [-0.1, -0.05) is 26.2 Å². The van der Waals surface area contributed by atoms with E-state index in [1.165, 1.54) is 32.1 Å². The van der Waals surface area contributed by atoms with Gasteiger partial charge >= 0.3 is 0 Å². The monoisotopic (exact) mass is 291 g/mol. The van der Waals surface area contributed by atoms with E-state index < -0.39 is 0 Å². The molecule has 2 unspecified atom stereocenters. The average Bonchev–Trinajstić information content (AvgIpc) is 2.96. The molecule has 0 amide bonds. The molecule has 2 aliphatic rings. The summed E-state index contributed by atoms with van der Waals surface area (Å²) in [7, 11) is 0. The first-order valence-electron chi connectivity index (χ1n) is 8.60. The van der Waals surface area contributed by atoms with Crippen LogP contribution in [0.5, 0.6) is 5.75 Å². The second-order valence-electron chi connectivity index (χ2n) is 7.00. The molecule has 2 fully saturated rings. The van der Waals surface area contributed by atoms with Crippen LogP contribution in [-0.2, 0) is 0 Å². The predicted molar refractivity (Wildman–Crippen MR) is 84.6 cm³/mol. The molecule has 1 spiro atoms. The van der Waals surface area contributed by atoms with E-state index in [0.717, 1.165) is 18.7 Å². The van der Waals surface area contributed by atoms with Crippen molar-refractivity contribution < 1.29 is 4.74 Å². The van der Waals surface area contributed by atoms with Gasteiger partial charge in [0, 0.05) is 23.9 Å². The summed E-state index contributed by atoms with van der Waals surface area (Å²) in [6, 6.07) is 1.04. The van der Waals surface area contributed by atoms with Crippen LogP contribution < -0.4 is 10.1 Å². The molecule has 4 heteroatoms. The van der Waals surface area contributed by atoms with E-state index in [1.54, 1.807) is 0 Å². The summed E-state index contributed by atoms with van der Waals surface area (Å²) in [4.78, 5) is 0. The molecule has 1 aromatic rings. The number of hydrogen-bond donors (Lipinski definition) is 1. The minimum atomic E-state index is 0.367. The molecular formula is C17H29N3O. The SMILES string of the molecule is CCNC1CC(Oc2cnn(C(C)C)c2)C12CCCCC2. The van der Waals surface area contributed by atoms with Crippen molar-refractivity contribution in [1.82, 2.24) is 15.1 Å². The van der Waals surface area contributed by atoms with Crippen molar-refractivity contribution in [2.75, 3.05) is 6.54 Å². The van der Waals surface area contributed by atoms with Gasteiger partial charge in [0.2, 0.25) is 0 Å². The standard InChI is InChI=1S/C17H29N3O/c1-4-18-15-10-16(17(15)8-6-5-7-9-17)21-14-11-19-20(12-14)13(2)3/h11-13,15-16,18H,4-10H2,1-3H3. The van der Waals surface area contributed by atoms with E-state index in [-0.39, 0.29) is 0 Å². The molecule has 1 aromatic heterocycles.